The molecule has 4 nitrogen and oxygen atoms in total. The lowest BCUT2D eigenvalue weighted by Crippen LogP contribution is -2.29. The summed E-state index contributed by atoms with van der Waals surface area (Å²) < 4.78 is 39.4. The summed E-state index contributed by atoms with van der Waals surface area (Å²) in [5.41, 5.74) is 0.679. The van der Waals surface area contributed by atoms with Gasteiger partial charge in [0, 0.05) is 12.6 Å². The van der Waals surface area contributed by atoms with Crippen LogP contribution in [0, 0.1) is 17.5 Å². The molecule has 0 aliphatic carbocycles. The number of likely N-dealkylation sites (N-methyl/N-ethyl adjacent to an activating group) is 1. The molecule has 116 valence electrons. The molecule has 1 fully saturated rings. The zero-order chi connectivity index (χ0) is 15.7. The van der Waals surface area contributed by atoms with Crippen molar-refractivity contribution in [1.82, 2.24) is 14.9 Å². The van der Waals surface area contributed by atoms with Crippen LogP contribution in [-0.2, 0) is 0 Å². The van der Waals surface area contributed by atoms with E-state index in [4.69, 9.17) is 0 Å². The van der Waals surface area contributed by atoms with Gasteiger partial charge in [-0.2, -0.15) is 0 Å². The summed E-state index contributed by atoms with van der Waals surface area (Å²) in [6.45, 7) is 0.794. The van der Waals surface area contributed by atoms with Crippen molar-refractivity contribution in [3.05, 3.63) is 53.6 Å². The third-order valence-electron chi connectivity index (χ3n) is 3.87. The fourth-order valence-electron chi connectivity index (χ4n) is 2.83. The fourth-order valence-corrected chi connectivity index (χ4v) is 2.83. The van der Waals surface area contributed by atoms with E-state index in [1.54, 1.807) is 6.07 Å². The van der Waals surface area contributed by atoms with Crippen LogP contribution < -0.4 is 5.32 Å². The Labute approximate surface area is 126 Å². The van der Waals surface area contributed by atoms with Gasteiger partial charge in [-0.3, -0.25) is 4.90 Å². The minimum absolute atomic E-state index is 0.0691. The van der Waals surface area contributed by atoms with Crippen LogP contribution in [0.25, 0.3) is 0 Å². The first kappa shape index (κ1) is 14.8. The maximum Gasteiger partial charge on any atom is 0.223 e. The van der Waals surface area contributed by atoms with Crippen molar-refractivity contribution in [3.63, 3.8) is 0 Å². The molecule has 0 saturated carbocycles. The van der Waals surface area contributed by atoms with E-state index in [1.165, 1.54) is 6.07 Å². The summed E-state index contributed by atoms with van der Waals surface area (Å²) in [5.74, 6) is -1.93. The highest BCUT2D eigenvalue weighted by molar-refractivity contribution is 5.31. The number of hydrogen-bond donors (Lipinski definition) is 1. The number of anilines is 1. The molecule has 1 saturated heterocycles. The molecule has 0 radical (unpaired) electrons. The number of nitrogens with one attached hydrogen (secondary N) is 1. The van der Waals surface area contributed by atoms with E-state index in [0.717, 1.165) is 31.4 Å². The van der Waals surface area contributed by atoms with Gasteiger partial charge in [0.05, 0.1) is 18.4 Å². The van der Waals surface area contributed by atoms with Crippen molar-refractivity contribution in [3.8, 4) is 0 Å². The molecular weight excluding hydrogens is 293 g/mol. The fraction of sp³-hybridized carbons (Fsp3) is 0.333. The Bertz CT molecular complexity index is 662. The van der Waals surface area contributed by atoms with Crippen LogP contribution in [-0.4, -0.2) is 34.5 Å². The van der Waals surface area contributed by atoms with Crippen LogP contribution in [0.3, 0.4) is 0 Å². The monoisotopic (exact) mass is 308 g/mol. The average molecular weight is 308 g/mol. The van der Waals surface area contributed by atoms with Crippen LogP contribution >= 0.6 is 0 Å². The average Bonchev–Trinajstić information content (AvgIpc) is 2.85. The first-order chi connectivity index (χ1) is 10.5. The molecule has 0 bridgehead atoms. The van der Waals surface area contributed by atoms with E-state index in [1.807, 2.05) is 11.9 Å². The van der Waals surface area contributed by atoms with Crippen LogP contribution in [0.2, 0.25) is 0 Å². The topological polar surface area (TPSA) is 41.0 Å². The predicted molar refractivity (Wildman–Crippen MR) is 75.7 cm³/mol. The molecule has 3 rings (SSSR count). The normalized spacial score (nSPS) is 22.0. The predicted octanol–water partition coefficient (Wildman–Crippen LogP) is 2.75. The molecule has 1 aromatic carbocycles. The smallest absolute Gasteiger partial charge is 0.223 e. The van der Waals surface area contributed by atoms with Crippen molar-refractivity contribution < 1.29 is 13.2 Å². The summed E-state index contributed by atoms with van der Waals surface area (Å²) >= 11 is 0. The summed E-state index contributed by atoms with van der Waals surface area (Å²) in [6, 6.07) is 3.71. The van der Waals surface area contributed by atoms with Gasteiger partial charge in [0.15, 0.2) is 17.5 Å². The van der Waals surface area contributed by atoms with E-state index in [-0.39, 0.29) is 12.1 Å². The van der Waals surface area contributed by atoms with Crippen LogP contribution in [0.1, 0.15) is 18.0 Å². The quantitative estimate of drug-likeness (QED) is 0.946. The number of aromatic nitrogens is 2. The Morgan fingerprint density at radius 2 is 1.86 bits per heavy atom. The second kappa shape index (κ2) is 5.92. The Balaban J connectivity index is 1.84. The van der Waals surface area contributed by atoms with E-state index < -0.39 is 17.5 Å². The molecule has 1 aliphatic heterocycles. The van der Waals surface area contributed by atoms with E-state index in [9.17, 15) is 13.2 Å². The van der Waals surface area contributed by atoms with Gasteiger partial charge in [0.1, 0.15) is 0 Å². The number of rotatable bonds is 3. The highest BCUT2D eigenvalue weighted by atomic mass is 19.2. The first-order valence-electron chi connectivity index (χ1n) is 6.94. The highest BCUT2D eigenvalue weighted by Gasteiger charge is 2.33. The number of benzene rings is 1. The van der Waals surface area contributed by atoms with E-state index in [0.29, 0.717) is 11.5 Å². The third-order valence-corrected chi connectivity index (χ3v) is 3.87. The van der Waals surface area contributed by atoms with Crippen LogP contribution in [0.15, 0.2) is 30.6 Å². The lowest BCUT2D eigenvalue weighted by Gasteiger charge is -2.26. The molecule has 0 amide bonds. The summed E-state index contributed by atoms with van der Waals surface area (Å²) in [5, 5.41) is 3.13. The van der Waals surface area contributed by atoms with Gasteiger partial charge < -0.3 is 5.32 Å². The lowest BCUT2D eigenvalue weighted by molar-refractivity contribution is 0.307. The molecule has 2 heterocycles. The SMILES string of the molecule is CN1CC[C@H](Nc2ncc(F)cn2)[C@H]1c1ccc(F)c(F)c1. The van der Waals surface area contributed by atoms with Crippen molar-refractivity contribution in [2.45, 2.75) is 18.5 Å². The van der Waals surface area contributed by atoms with E-state index in [2.05, 4.69) is 15.3 Å². The van der Waals surface area contributed by atoms with Gasteiger partial charge in [-0.1, -0.05) is 6.07 Å². The summed E-state index contributed by atoms with van der Waals surface area (Å²) in [7, 11) is 1.92. The Morgan fingerprint density at radius 3 is 2.55 bits per heavy atom. The highest BCUT2D eigenvalue weighted by Crippen LogP contribution is 2.33. The Hall–Kier alpha value is -2.15. The van der Waals surface area contributed by atoms with Crippen molar-refractivity contribution in [2.24, 2.45) is 0 Å². The molecule has 1 N–H and O–H groups in total. The second-order valence-electron chi connectivity index (χ2n) is 5.36. The second-order valence-corrected chi connectivity index (χ2v) is 5.36. The number of nitrogens with zero attached hydrogens (tertiary/aromatic N) is 3. The standard InChI is InChI=1S/C15H15F3N4/c1-22-5-4-13(21-15-19-7-10(16)8-20-15)14(22)9-2-3-11(17)12(18)6-9/h2-3,6-8,13-14H,4-5H2,1H3,(H,19,20,21)/t13-,14+/m0/s1. The number of halogens is 3. The first-order valence-corrected chi connectivity index (χ1v) is 6.94. The molecule has 2 atom stereocenters. The minimum atomic E-state index is -0.866. The van der Waals surface area contributed by atoms with Gasteiger partial charge in [0.25, 0.3) is 0 Å². The van der Waals surface area contributed by atoms with Gasteiger partial charge >= 0.3 is 0 Å². The number of likely N-dealkylation sites (tertiary alicyclic amines) is 1. The Kier molecular flexibility index (Phi) is 3.98. The maximum atomic E-state index is 13.5. The maximum absolute atomic E-state index is 13.5. The largest absolute Gasteiger partial charge is 0.350 e. The summed E-state index contributed by atoms with van der Waals surface area (Å²) in [4.78, 5) is 9.80. The minimum Gasteiger partial charge on any atom is -0.350 e. The van der Waals surface area contributed by atoms with Gasteiger partial charge in [-0.15, -0.1) is 0 Å². The molecule has 0 unspecified atom stereocenters. The molecule has 22 heavy (non-hydrogen) atoms. The van der Waals surface area contributed by atoms with Gasteiger partial charge in [-0.05, 0) is 31.2 Å². The zero-order valence-corrected chi connectivity index (χ0v) is 11.9. The van der Waals surface area contributed by atoms with Crippen LogP contribution in [0.5, 0.6) is 0 Å². The lowest BCUT2D eigenvalue weighted by atomic mass is 10.00. The van der Waals surface area contributed by atoms with Crippen molar-refractivity contribution >= 4 is 5.95 Å². The molecule has 7 heteroatoms. The van der Waals surface area contributed by atoms with Gasteiger partial charge in [-0.25, -0.2) is 23.1 Å². The van der Waals surface area contributed by atoms with Crippen LogP contribution in [0.4, 0.5) is 19.1 Å². The van der Waals surface area contributed by atoms with E-state index >= 15 is 0 Å². The third kappa shape index (κ3) is 2.89. The molecule has 1 aliphatic rings. The van der Waals surface area contributed by atoms with Gasteiger partial charge in [0.2, 0.25) is 5.95 Å². The molecule has 2 aromatic rings. The molecular formula is C15H15F3N4. The molecule has 1 aromatic heterocycles. The summed E-state index contributed by atoms with van der Waals surface area (Å²) in [6.07, 6.45) is 2.96. The van der Waals surface area contributed by atoms with Crippen molar-refractivity contribution in [2.75, 3.05) is 18.9 Å². The zero-order valence-electron chi connectivity index (χ0n) is 11.9. The molecule has 0 spiro atoms. The number of hydrogen-bond acceptors (Lipinski definition) is 4. The van der Waals surface area contributed by atoms with Crippen molar-refractivity contribution in [1.29, 1.82) is 0 Å². The Morgan fingerprint density at radius 1 is 1.14 bits per heavy atom.